The zero-order chi connectivity index (χ0) is 15.4. The fourth-order valence-corrected chi connectivity index (χ4v) is 2.13. The van der Waals surface area contributed by atoms with Crippen LogP contribution in [0, 0.1) is 0 Å². The minimum atomic E-state index is -4.25. The fraction of sp³-hybridized carbons (Fsp3) is 0.364. The molecule has 1 N–H and O–H groups in total. The summed E-state index contributed by atoms with van der Waals surface area (Å²) in [4.78, 5) is 11.4. The number of hydrogen-bond acceptors (Lipinski definition) is 3. The van der Waals surface area contributed by atoms with Gasteiger partial charge in [-0.1, -0.05) is 0 Å². The number of benzene rings is 1. The molecule has 0 atom stereocenters. The quantitative estimate of drug-likeness (QED) is 0.667. The molecule has 0 heterocycles. The summed E-state index contributed by atoms with van der Waals surface area (Å²) in [7, 11) is 1.23. The zero-order valence-corrected chi connectivity index (χ0v) is 11.6. The Balaban J connectivity index is 2.53. The molecule has 1 amide bonds. The highest BCUT2D eigenvalue weighted by Crippen LogP contribution is 2.20. The van der Waals surface area contributed by atoms with E-state index >= 15 is 0 Å². The van der Waals surface area contributed by atoms with Crippen molar-refractivity contribution in [2.45, 2.75) is 23.9 Å². The standard InChI is InChI=1S/C11H11ClF3NO3S/c12-20(18,19)9-4-2-8(3-5-9)10(17)16-7-1-6-11(13,14)15/h2-5H,1,6-7H2,(H,16,17). The third kappa shape index (κ3) is 5.79. The highest BCUT2D eigenvalue weighted by atomic mass is 35.7. The highest BCUT2D eigenvalue weighted by Gasteiger charge is 2.26. The molecule has 1 aromatic carbocycles. The summed E-state index contributed by atoms with van der Waals surface area (Å²) in [5.74, 6) is -0.578. The first-order valence-electron chi connectivity index (χ1n) is 5.49. The van der Waals surface area contributed by atoms with Crippen LogP contribution in [-0.2, 0) is 9.05 Å². The molecule has 20 heavy (non-hydrogen) atoms. The first-order valence-corrected chi connectivity index (χ1v) is 7.80. The monoisotopic (exact) mass is 329 g/mol. The number of alkyl halides is 3. The number of hydrogen-bond donors (Lipinski definition) is 1. The molecule has 112 valence electrons. The Morgan fingerprint density at radius 2 is 1.75 bits per heavy atom. The lowest BCUT2D eigenvalue weighted by Gasteiger charge is -2.07. The number of nitrogens with one attached hydrogen (secondary N) is 1. The molecule has 1 rings (SSSR count). The van der Waals surface area contributed by atoms with E-state index < -0.39 is 27.6 Å². The number of carbonyl (C=O) groups is 1. The predicted molar refractivity (Wildman–Crippen MR) is 67.1 cm³/mol. The molecule has 0 aromatic heterocycles. The number of rotatable bonds is 5. The first-order chi connectivity index (χ1) is 9.09. The molecule has 0 bridgehead atoms. The van der Waals surface area contributed by atoms with Crippen LogP contribution in [0.2, 0.25) is 0 Å². The Kier molecular flexibility index (Phi) is 5.41. The Morgan fingerprint density at radius 3 is 2.20 bits per heavy atom. The second-order valence-electron chi connectivity index (χ2n) is 3.94. The maximum absolute atomic E-state index is 11.9. The highest BCUT2D eigenvalue weighted by molar-refractivity contribution is 8.13. The summed E-state index contributed by atoms with van der Waals surface area (Å²) in [6.45, 7) is -0.117. The molecule has 0 saturated carbocycles. The second kappa shape index (κ2) is 6.45. The molecule has 0 fully saturated rings. The van der Waals surface area contributed by atoms with Gasteiger partial charge < -0.3 is 5.32 Å². The molecule has 9 heteroatoms. The van der Waals surface area contributed by atoms with Crippen molar-refractivity contribution in [1.82, 2.24) is 5.32 Å². The van der Waals surface area contributed by atoms with Crippen LogP contribution in [0.4, 0.5) is 13.2 Å². The Labute approximate surface area is 118 Å². The average molecular weight is 330 g/mol. The number of amides is 1. The summed E-state index contributed by atoms with van der Waals surface area (Å²) in [5.41, 5.74) is 0.140. The summed E-state index contributed by atoms with van der Waals surface area (Å²) < 4.78 is 57.6. The smallest absolute Gasteiger partial charge is 0.352 e. The molecule has 4 nitrogen and oxygen atoms in total. The van der Waals surface area contributed by atoms with Crippen molar-refractivity contribution in [3.05, 3.63) is 29.8 Å². The Morgan fingerprint density at radius 1 is 1.20 bits per heavy atom. The van der Waals surface area contributed by atoms with Gasteiger partial charge in [0.2, 0.25) is 0 Å². The van der Waals surface area contributed by atoms with E-state index in [0.29, 0.717) is 0 Å². The van der Waals surface area contributed by atoms with Crippen LogP contribution in [0.5, 0.6) is 0 Å². The van der Waals surface area contributed by atoms with Crippen LogP contribution in [0.1, 0.15) is 23.2 Å². The fourth-order valence-electron chi connectivity index (χ4n) is 1.36. The predicted octanol–water partition coefficient (Wildman–Crippen LogP) is 2.69. The third-order valence-electron chi connectivity index (χ3n) is 2.32. The maximum Gasteiger partial charge on any atom is 0.389 e. The van der Waals surface area contributed by atoms with Crippen molar-refractivity contribution in [1.29, 1.82) is 0 Å². The summed E-state index contributed by atoms with van der Waals surface area (Å²) in [6, 6.07) is 4.75. The molecule has 0 saturated heterocycles. The molecule has 0 unspecified atom stereocenters. The topological polar surface area (TPSA) is 63.2 Å². The van der Waals surface area contributed by atoms with Gasteiger partial charge in [0.25, 0.3) is 15.0 Å². The largest absolute Gasteiger partial charge is 0.389 e. The molecule has 1 aromatic rings. The van der Waals surface area contributed by atoms with Gasteiger partial charge in [-0.25, -0.2) is 8.42 Å². The molecule has 0 aliphatic heterocycles. The van der Waals surface area contributed by atoms with Crippen LogP contribution >= 0.6 is 10.7 Å². The molecule has 0 radical (unpaired) electrons. The SMILES string of the molecule is O=C(NCCCC(F)(F)F)c1ccc(S(=O)(=O)Cl)cc1. The summed E-state index contributed by atoms with van der Waals surface area (Å²) >= 11 is 0. The van der Waals surface area contributed by atoms with E-state index in [1.54, 1.807) is 0 Å². The van der Waals surface area contributed by atoms with Gasteiger partial charge in [-0.3, -0.25) is 4.79 Å². The Hall–Kier alpha value is -1.28. The van der Waals surface area contributed by atoms with Crippen molar-refractivity contribution < 1.29 is 26.4 Å². The lowest BCUT2D eigenvalue weighted by atomic mass is 10.2. The van der Waals surface area contributed by atoms with Gasteiger partial charge in [-0.15, -0.1) is 0 Å². The lowest BCUT2D eigenvalue weighted by Crippen LogP contribution is -2.25. The van der Waals surface area contributed by atoms with Gasteiger partial charge in [0, 0.05) is 29.2 Å². The van der Waals surface area contributed by atoms with Gasteiger partial charge in [0.1, 0.15) is 0 Å². The van der Waals surface area contributed by atoms with Crippen LogP contribution in [0.15, 0.2) is 29.2 Å². The van der Waals surface area contributed by atoms with E-state index in [1.165, 1.54) is 12.1 Å². The summed E-state index contributed by atoms with van der Waals surface area (Å²) in [6.07, 6.45) is -5.44. The van der Waals surface area contributed by atoms with Gasteiger partial charge in [-0.05, 0) is 30.7 Å². The van der Waals surface area contributed by atoms with Gasteiger partial charge in [0.15, 0.2) is 0 Å². The van der Waals surface area contributed by atoms with E-state index in [1.807, 2.05) is 0 Å². The molecular weight excluding hydrogens is 319 g/mol. The molecule has 0 aliphatic rings. The average Bonchev–Trinajstić information content (AvgIpc) is 2.32. The van der Waals surface area contributed by atoms with Crippen LogP contribution in [-0.4, -0.2) is 27.0 Å². The van der Waals surface area contributed by atoms with E-state index in [2.05, 4.69) is 5.32 Å². The van der Waals surface area contributed by atoms with Gasteiger partial charge in [-0.2, -0.15) is 13.2 Å². The number of carbonyl (C=O) groups excluding carboxylic acids is 1. The second-order valence-corrected chi connectivity index (χ2v) is 6.50. The minimum absolute atomic E-state index is 0.117. The van der Waals surface area contributed by atoms with E-state index in [9.17, 15) is 26.4 Å². The van der Waals surface area contributed by atoms with Gasteiger partial charge in [0.05, 0.1) is 4.90 Å². The van der Waals surface area contributed by atoms with E-state index in [4.69, 9.17) is 10.7 Å². The minimum Gasteiger partial charge on any atom is -0.352 e. The Bertz CT molecular complexity index is 570. The van der Waals surface area contributed by atoms with E-state index in [0.717, 1.165) is 12.1 Å². The van der Waals surface area contributed by atoms with Crippen molar-refractivity contribution in [3.8, 4) is 0 Å². The summed E-state index contributed by atoms with van der Waals surface area (Å²) in [5, 5.41) is 2.31. The van der Waals surface area contributed by atoms with Crippen LogP contribution in [0.3, 0.4) is 0 Å². The van der Waals surface area contributed by atoms with Crippen molar-refractivity contribution in [2.75, 3.05) is 6.54 Å². The number of halogens is 4. The van der Waals surface area contributed by atoms with Crippen molar-refractivity contribution in [2.24, 2.45) is 0 Å². The molecular formula is C11H11ClF3NO3S. The van der Waals surface area contributed by atoms with Crippen LogP contribution in [0.25, 0.3) is 0 Å². The molecule has 0 spiro atoms. The van der Waals surface area contributed by atoms with Gasteiger partial charge >= 0.3 is 6.18 Å². The van der Waals surface area contributed by atoms with E-state index in [-0.39, 0.29) is 23.4 Å². The first kappa shape index (κ1) is 16.8. The van der Waals surface area contributed by atoms with Crippen LogP contribution < -0.4 is 5.32 Å². The molecule has 0 aliphatic carbocycles. The van der Waals surface area contributed by atoms with Crippen molar-refractivity contribution >= 4 is 25.6 Å². The zero-order valence-electron chi connectivity index (χ0n) is 10.1. The lowest BCUT2D eigenvalue weighted by molar-refractivity contribution is -0.135. The third-order valence-corrected chi connectivity index (χ3v) is 3.69. The van der Waals surface area contributed by atoms with Crippen molar-refractivity contribution in [3.63, 3.8) is 0 Å². The normalized spacial score (nSPS) is 12.2. The maximum atomic E-state index is 11.9.